The number of H-pyrrole nitrogens is 1. The Labute approximate surface area is 237 Å². The fraction of sp³-hybridized carbons (Fsp3) is 0.312. The Kier molecular flexibility index (Phi) is 7.35. The highest BCUT2D eigenvalue weighted by Gasteiger charge is 2.25. The number of rotatable bonds is 8. The minimum atomic E-state index is -1.15. The summed E-state index contributed by atoms with van der Waals surface area (Å²) in [5.74, 6) is 1.85. The average molecular weight is 560 g/mol. The summed E-state index contributed by atoms with van der Waals surface area (Å²) in [6.45, 7) is 9.25. The highest BCUT2D eigenvalue weighted by molar-refractivity contribution is 5.95. The van der Waals surface area contributed by atoms with Gasteiger partial charge in [-0.15, -0.1) is 0 Å². The topological polar surface area (TPSA) is 103 Å². The molecule has 0 saturated heterocycles. The number of benzene rings is 2. The van der Waals surface area contributed by atoms with Crippen LogP contribution in [0, 0.1) is 19.7 Å². The molecule has 0 aliphatic carbocycles. The summed E-state index contributed by atoms with van der Waals surface area (Å²) in [6, 6.07) is 9.91. The molecule has 0 unspecified atom stereocenters. The molecule has 3 aromatic heterocycles. The van der Waals surface area contributed by atoms with E-state index in [0.29, 0.717) is 74.8 Å². The van der Waals surface area contributed by atoms with E-state index < -0.39 is 5.60 Å². The number of nitrogens with zero attached hydrogens (tertiary/aromatic N) is 2. The van der Waals surface area contributed by atoms with Gasteiger partial charge in [-0.3, -0.25) is 4.79 Å². The fourth-order valence-corrected chi connectivity index (χ4v) is 5.02. The van der Waals surface area contributed by atoms with Gasteiger partial charge in [-0.2, -0.15) is 0 Å². The molecule has 3 heterocycles. The van der Waals surface area contributed by atoms with Gasteiger partial charge in [-0.1, -0.05) is 13.0 Å². The number of imidazole rings is 1. The maximum atomic E-state index is 14.0. The second-order valence-electron chi connectivity index (χ2n) is 10.9. The summed E-state index contributed by atoms with van der Waals surface area (Å²) < 4.78 is 33.7. The van der Waals surface area contributed by atoms with Gasteiger partial charge in [0.15, 0.2) is 5.76 Å². The molecule has 0 aliphatic rings. The monoisotopic (exact) mass is 559 g/mol. The molecule has 0 bridgehead atoms. The molecule has 8 nitrogen and oxygen atoms in total. The summed E-state index contributed by atoms with van der Waals surface area (Å²) >= 11 is 0. The lowest BCUT2D eigenvalue weighted by Gasteiger charge is -2.21. The SMILES string of the molecule is CCc1nc(-c2cc3c(=O)n(C)cc(-c4cc(C(C)(C)O)ccc4Oc4c(C)cc(F)cc4C)c3o2)c(COC)[nH]1. The molecule has 0 aliphatic heterocycles. The van der Waals surface area contributed by atoms with Gasteiger partial charge in [0.1, 0.15) is 34.4 Å². The number of aromatic amines is 1. The number of ether oxygens (including phenoxy) is 2. The average Bonchev–Trinajstić information content (AvgIpc) is 3.53. The van der Waals surface area contributed by atoms with Gasteiger partial charge < -0.3 is 28.5 Å². The standard InChI is InChI=1S/C32H34FN3O5/c1-8-27-34-24(16-39-7)28(35-27)26-14-22-30(41-26)23(15-36(6)31(22)37)21-13-19(32(4,5)38)9-10-25(21)40-29-17(2)11-20(33)12-18(29)3/h9-15,38H,8,16H2,1-7H3,(H,34,35). The van der Waals surface area contributed by atoms with Crippen molar-refractivity contribution in [2.45, 2.75) is 53.2 Å². The largest absolute Gasteiger partial charge is 0.456 e. The number of hydrogen-bond donors (Lipinski definition) is 2. The van der Waals surface area contributed by atoms with Crippen LogP contribution in [-0.2, 0) is 30.4 Å². The van der Waals surface area contributed by atoms with Crippen molar-refractivity contribution < 1.29 is 23.4 Å². The first-order chi connectivity index (χ1) is 19.4. The Balaban J connectivity index is 1.77. The predicted molar refractivity (Wildman–Crippen MR) is 156 cm³/mol. The van der Waals surface area contributed by atoms with E-state index >= 15 is 0 Å². The number of halogens is 1. The normalized spacial score (nSPS) is 11.9. The maximum absolute atomic E-state index is 14.0. The fourth-order valence-electron chi connectivity index (χ4n) is 5.02. The van der Waals surface area contributed by atoms with E-state index in [9.17, 15) is 14.3 Å². The van der Waals surface area contributed by atoms with Crippen molar-refractivity contribution in [3.8, 4) is 34.1 Å². The third-order valence-electron chi connectivity index (χ3n) is 7.15. The lowest BCUT2D eigenvalue weighted by atomic mass is 9.93. The quantitative estimate of drug-likeness (QED) is 0.220. The number of furan rings is 1. The van der Waals surface area contributed by atoms with Gasteiger partial charge in [0.25, 0.3) is 5.56 Å². The van der Waals surface area contributed by atoms with E-state index in [0.717, 1.165) is 11.5 Å². The summed E-state index contributed by atoms with van der Waals surface area (Å²) in [4.78, 5) is 21.3. The molecule has 0 fully saturated rings. The predicted octanol–water partition coefficient (Wildman–Crippen LogP) is 6.67. The van der Waals surface area contributed by atoms with Crippen LogP contribution >= 0.6 is 0 Å². The third kappa shape index (κ3) is 5.30. The molecule has 0 radical (unpaired) electrons. The van der Waals surface area contributed by atoms with Crippen LogP contribution in [0.15, 0.2) is 51.8 Å². The first-order valence-corrected chi connectivity index (χ1v) is 13.4. The molecule has 2 N–H and O–H groups in total. The molecular weight excluding hydrogens is 525 g/mol. The van der Waals surface area contributed by atoms with Gasteiger partial charge in [0, 0.05) is 37.9 Å². The Morgan fingerprint density at radius 1 is 1.12 bits per heavy atom. The molecule has 0 saturated carbocycles. The summed E-state index contributed by atoms with van der Waals surface area (Å²) in [5.41, 5.74) is 3.41. The van der Waals surface area contributed by atoms with E-state index in [2.05, 4.69) is 9.97 Å². The Hall–Kier alpha value is -4.21. The van der Waals surface area contributed by atoms with Crippen molar-refractivity contribution in [2.75, 3.05) is 7.11 Å². The van der Waals surface area contributed by atoms with E-state index in [-0.39, 0.29) is 11.4 Å². The molecule has 214 valence electrons. The van der Waals surface area contributed by atoms with Crippen LogP contribution in [0.3, 0.4) is 0 Å². The Morgan fingerprint density at radius 2 is 1.83 bits per heavy atom. The van der Waals surface area contributed by atoms with Crippen molar-refractivity contribution in [2.24, 2.45) is 7.05 Å². The van der Waals surface area contributed by atoms with Crippen LogP contribution in [-0.4, -0.2) is 26.8 Å². The number of aromatic nitrogens is 3. The van der Waals surface area contributed by atoms with E-state index in [1.54, 1.807) is 66.2 Å². The lowest BCUT2D eigenvalue weighted by molar-refractivity contribution is 0.0786. The first kappa shape index (κ1) is 28.3. The van der Waals surface area contributed by atoms with Crippen molar-refractivity contribution in [3.63, 3.8) is 0 Å². The molecule has 0 spiro atoms. The van der Waals surface area contributed by atoms with Crippen LogP contribution in [0.25, 0.3) is 33.6 Å². The van der Waals surface area contributed by atoms with Crippen LogP contribution in [0.2, 0.25) is 0 Å². The molecule has 5 aromatic rings. The van der Waals surface area contributed by atoms with E-state index in [4.69, 9.17) is 13.9 Å². The molecule has 41 heavy (non-hydrogen) atoms. The second-order valence-corrected chi connectivity index (χ2v) is 10.9. The van der Waals surface area contributed by atoms with Crippen LogP contribution in [0.4, 0.5) is 4.39 Å². The number of pyridine rings is 1. The summed E-state index contributed by atoms with van der Waals surface area (Å²) in [7, 11) is 3.27. The highest BCUT2D eigenvalue weighted by Crippen LogP contribution is 2.42. The smallest absolute Gasteiger partial charge is 0.261 e. The molecule has 0 amide bonds. The zero-order chi connectivity index (χ0) is 29.6. The number of hydrogen-bond acceptors (Lipinski definition) is 6. The molecular formula is C32H34FN3O5. The molecule has 0 atom stereocenters. The first-order valence-electron chi connectivity index (χ1n) is 13.4. The van der Waals surface area contributed by atoms with E-state index in [1.807, 2.05) is 13.0 Å². The number of aliphatic hydroxyl groups is 1. The molecule has 2 aromatic carbocycles. The Morgan fingerprint density at radius 3 is 2.46 bits per heavy atom. The lowest BCUT2D eigenvalue weighted by Crippen LogP contribution is -2.17. The van der Waals surface area contributed by atoms with Crippen molar-refractivity contribution in [1.82, 2.24) is 14.5 Å². The van der Waals surface area contributed by atoms with Gasteiger partial charge in [-0.25, -0.2) is 9.37 Å². The Bertz CT molecular complexity index is 1800. The van der Waals surface area contributed by atoms with E-state index in [1.165, 1.54) is 16.7 Å². The van der Waals surface area contributed by atoms with Gasteiger partial charge in [0.2, 0.25) is 0 Å². The number of nitrogens with one attached hydrogen (secondary N) is 1. The van der Waals surface area contributed by atoms with Gasteiger partial charge in [0.05, 0.1) is 23.3 Å². The van der Waals surface area contributed by atoms with Crippen LogP contribution in [0.1, 0.15) is 49.0 Å². The van der Waals surface area contributed by atoms with Crippen molar-refractivity contribution >= 4 is 11.0 Å². The molecule has 9 heteroatoms. The number of fused-ring (bicyclic) bond motifs is 1. The zero-order valence-electron chi connectivity index (χ0n) is 24.3. The van der Waals surface area contributed by atoms with Gasteiger partial charge in [-0.05, 0) is 74.7 Å². The van der Waals surface area contributed by atoms with Crippen molar-refractivity contribution in [3.05, 3.63) is 87.0 Å². The number of methoxy groups -OCH3 is 1. The molecule has 5 rings (SSSR count). The third-order valence-corrected chi connectivity index (χ3v) is 7.15. The highest BCUT2D eigenvalue weighted by atomic mass is 19.1. The van der Waals surface area contributed by atoms with Crippen molar-refractivity contribution in [1.29, 1.82) is 0 Å². The maximum Gasteiger partial charge on any atom is 0.261 e. The van der Waals surface area contributed by atoms with Crippen LogP contribution < -0.4 is 10.3 Å². The zero-order valence-corrected chi connectivity index (χ0v) is 24.3. The van der Waals surface area contributed by atoms with Crippen LogP contribution in [0.5, 0.6) is 11.5 Å². The summed E-state index contributed by atoms with van der Waals surface area (Å²) in [5, 5.41) is 11.2. The summed E-state index contributed by atoms with van der Waals surface area (Å²) in [6.07, 6.45) is 2.38. The second kappa shape index (κ2) is 10.6. The number of aryl methyl sites for hydroxylation is 4. The minimum Gasteiger partial charge on any atom is -0.456 e. The van der Waals surface area contributed by atoms with Gasteiger partial charge >= 0.3 is 0 Å². The minimum absolute atomic E-state index is 0.232.